The van der Waals surface area contributed by atoms with Gasteiger partial charge in [-0.15, -0.1) is 10.2 Å². The molecule has 2 aromatic heterocycles. The number of nitrogens with one attached hydrogen (secondary N) is 2. The van der Waals surface area contributed by atoms with E-state index in [9.17, 15) is 9.59 Å². The van der Waals surface area contributed by atoms with Gasteiger partial charge in [-0.25, -0.2) is 9.36 Å². The number of amides is 2. The van der Waals surface area contributed by atoms with Gasteiger partial charge in [0.05, 0.1) is 23.8 Å². The van der Waals surface area contributed by atoms with Gasteiger partial charge in [-0.1, -0.05) is 34.7 Å². The summed E-state index contributed by atoms with van der Waals surface area (Å²) in [5.41, 5.74) is 6.65. The van der Waals surface area contributed by atoms with Gasteiger partial charge in [0.25, 0.3) is 0 Å². The van der Waals surface area contributed by atoms with Crippen LogP contribution in [0, 0.1) is 0 Å². The second kappa shape index (κ2) is 15.3. The molecule has 4 aromatic carbocycles. The third-order valence-electron chi connectivity index (χ3n) is 9.96. The molecule has 0 unspecified atom stereocenters. The summed E-state index contributed by atoms with van der Waals surface area (Å²) in [6, 6.07) is 27.8. The van der Waals surface area contributed by atoms with Crippen molar-refractivity contribution < 1.29 is 9.59 Å². The van der Waals surface area contributed by atoms with Crippen LogP contribution in [0.1, 0.15) is 38.5 Å². The molecule has 0 bridgehead atoms. The fraction of sp³-hybridized carbons (Fsp3) is 0.300. The highest BCUT2D eigenvalue weighted by molar-refractivity contribution is 5.92. The van der Waals surface area contributed by atoms with Crippen molar-refractivity contribution in [2.45, 2.75) is 38.5 Å². The second-order valence-corrected chi connectivity index (χ2v) is 13.7. The molecule has 2 aliphatic heterocycles. The molecule has 264 valence electrons. The van der Waals surface area contributed by atoms with Gasteiger partial charge in [0, 0.05) is 48.4 Å². The van der Waals surface area contributed by atoms with Crippen molar-refractivity contribution in [1.82, 2.24) is 39.8 Å². The van der Waals surface area contributed by atoms with Crippen molar-refractivity contribution in [3.8, 4) is 33.9 Å². The van der Waals surface area contributed by atoms with E-state index in [2.05, 4.69) is 65.3 Å². The van der Waals surface area contributed by atoms with Crippen LogP contribution in [0.25, 0.3) is 44.7 Å². The first-order valence-corrected chi connectivity index (χ1v) is 18.2. The maximum absolute atomic E-state index is 12.4. The minimum Gasteiger partial charge on any atom is -0.326 e. The molecule has 0 saturated carbocycles. The normalized spacial score (nSPS) is 15.0. The van der Waals surface area contributed by atoms with Crippen LogP contribution in [0.2, 0.25) is 0 Å². The molecule has 12 nitrogen and oxygen atoms in total. The highest BCUT2D eigenvalue weighted by Gasteiger charge is 2.15. The third kappa shape index (κ3) is 7.93. The van der Waals surface area contributed by atoms with E-state index in [1.54, 1.807) is 9.36 Å². The highest BCUT2D eigenvalue weighted by atomic mass is 16.2. The lowest BCUT2D eigenvalue weighted by atomic mass is 10.0. The molecular weight excluding hydrogens is 653 g/mol. The largest absolute Gasteiger partial charge is 0.326 e. The number of hydrogen-bond acceptors (Lipinski definition) is 8. The van der Waals surface area contributed by atoms with Crippen LogP contribution in [0.3, 0.4) is 0 Å². The van der Waals surface area contributed by atoms with Crippen LogP contribution < -0.4 is 10.6 Å². The quantitative estimate of drug-likeness (QED) is 0.156. The van der Waals surface area contributed by atoms with Gasteiger partial charge in [0.2, 0.25) is 11.8 Å². The Labute approximate surface area is 302 Å². The van der Waals surface area contributed by atoms with E-state index in [1.807, 2.05) is 73.1 Å². The van der Waals surface area contributed by atoms with Crippen molar-refractivity contribution in [2.24, 2.45) is 0 Å². The van der Waals surface area contributed by atoms with Crippen molar-refractivity contribution >= 4 is 34.0 Å². The summed E-state index contributed by atoms with van der Waals surface area (Å²) in [6.45, 7) is 5.97. The van der Waals surface area contributed by atoms with Crippen molar-refractivity contribution in [3.63, 3.8) is 0 Å². The average molecular weight is 695 g/mol. The van der Waals surface area contributed by atoms with Crippen molar-refractivity contribution in [2.75, 3.05) is 49.9 Å². The van der Waals surface area contributed by atoms with Crippen LogP contribution in [-0.4, -0.2) is 90.9 Å². The number of benzene rings is 4. The maximum atomic E-state index is 12.4. The maximum Gasteiger partial charge on any atom is 0.225 e. The molecule has 8 rings (SSSR count). The van der Waals surface area contributed by atoms with Gasteiger partial charge >= 0.3 is 0 Å². The van der Waals surface area contributed by atoms with Crippen LogP contribution in [-0.2, 0) is 9.59 Å². The van der Waals surface area contributed by atoms with Crippen LogP contribution in [0.15, 0.2) is 97.3 Å². The predicted octanol–water partition coefficient (Wildman–Crippen LogP) is 6.18. The SMILES string of the molecule is O=C(CCN1CCCC1)Nc1ccc(-n2cc(-c3ccc4ccc(-c5cn(-c6ccc(NC(=O)CCN7CCCC7)cc6)nn5)cc4c3)nn2)cc1. The Morgan fingerprint density at radius 1 is 0.538 bits per heavy atom. The summed E-state index contributed by atoms with van der Waals surface area (Å²) < 4.78 is 3.48. The number of carbonyl (C=O) groups excluding carboxylic acids is 2. The number of aromatic nitrogens is 6. The van der Waals surface area contributed by atoms with Gasteiger partial charge in [-0.3, -0.25) is 9.59 Å². The molecule has 52 heavy (non-hydrogen) atoms. The molecule has 0 spiro atoms. The number of fused-ring (bicyclic) bond motifs is 1. The Balaban J connectivity index is 0.901. The number of likely N-dealkylation sites (tertiary alicyclic amines) is 2. The summed E-state index contributed by atoms with van der Waals surface area (Å²) in [4.78, 5) is 29.6. The van der Waals surface area contributed by atoms with Crippen LogP contribution >= 0.6 is 0 Å². The van der Waals surface area contributed by atoms with Crippen LogP contribution in [0.5, 0.6) is 0 Å². The molecular formula is C40H42N10O2. The van der Waals surface area contributed by atoms with Crippen molar-refractivity contribution in [1.29, 1.82) is 0 Å². The molecule has 2 N–H and O–H groups in total. The first-order valence-electron chi connectivity index (χ1n) is 18.2. The molecule has 4 heterocycles. The van der Waals surface area contributed by atoms with E-state index >= 15 is 0 Å². The van der Waals surface area contributed by atoms with Gasteiger partial charge < -0.3 is 20.4 Å². The molecule has 0 atom stereocenters. The fourth-order valence-corrected chi connectivity index (χ4v) is 6.98. The zero-order chi connectivity index (χ0) is 35.3. The summed E-state index contributed by atoms with van der Waals surface area (Å²) in [7, 11) is 0. The van der Waals surface area contributed by atoms with Gasteiger partial charge in [0.15, 0.2) is 0 Å². The summed E-state index contributed by atoms with van der Waals surface area (Å²) >= 11 is 0. The zero-order valence-corrected chi connectivity index (χ0v) is 29.1. The minimum atomic E-state index is 0.0305. The number of hydrogen-bond donors (Lipinski definition) is 2. The first-order chi connectivity index (χ1) is 25.5. The standard InChI is InChI=1S/C40H42N10O2/c51-39(17-23-47-19-1-2-20-47)41-33-9-13-35(14-10-33)49-27-37(43-45-49)30-7-5-29-6-8-31(26-32(29)25-30)38-28-50(46-44-38)36-15-11-34(12-16-36)42-40(52)18-24-48-21-3-4-22-48/h5-16,25-28H,1-4,17-24H2,(H,41,51)(H,42,52). The fourth-order valence-electron chi connectivity index (χ4n) is 6.98. The Bertz CT molecular complexity index is 2010. The Morgan fingerprint density at radius 2 is 0.962 bits per heavy atom. The molecule has 2 saturated heterocycles. The first kappa shape index (κ1) is 33.4. The average Bonchev–Trinajstić information content (AvgIpc) is 4.02. The van der Waals surface area contributed by atoms with E-state index in [0.717, 1.165) is 95.3 Å². The number of carbonyl (C=O) groups is 2. The molecule has 2 fully saturated rings. The van der Waals surface area contributed by atoms with E-state index < -0.39 is 0 Å². The lowest BCUT2D eigenvalue weighted by Gasteiger charge is -2.14. The second-order valence-electron chi connectivity index (χ2n) is 13.7. The smallest absolute Gasteiger partial charge is 0.225 e. The topological polar surface area (TPSA) is 126 Å². The summed E-state index contributed by atoms with van der Waals surface area (Å²) in [5.74, 6) is 0.0610. The van der Waals surface area contributed by atoms with Gasteiger partial charge in [0.1, 0.15) is 11.4 Å². The Kier molecular flexibility index (Phi) is 9.81. The number of anilines is 2. The lowest BCUT2D eigenvalue weighted by Crippen LogP contribution is -2.25. The molecule has 0 radical (unpaired) electrons. The zero-order valence-electron chi connectivity index (χ0n) is 29.1. The summed E-state index contributed by atoms with van der Waals surface area (Å²) in [5, 5.41) is 25.8. The Hall–Kier alpha value is -5.72. The minimum absolute atomic E-state index is 0.0305. The van der Waals surface area contributed by atoms with E-state index in [1.165, 1.54) is 25.7 Å². The lowest BCUT2D eigenvalue weighted by molar-refractivity contribution is -0.117. The molecule has 0 aliphatic carbocycles. The molecule has 6 aromatic rings. The number of nitrogens with zero attached hydrogens (tertiary/aromatic N) is 8. The van der Waals surface area contributed by atoms with Crippen molar-refractivity contribution in [3.05, 3.63) is 97.3 Å². The number of rotatable bonds is 12. The summed E-state index contributed by atoms with van der Waals surface area (Å²) in [6.07, 6.45) is 9.71. The third-order valence-corrected chi connectivity index (χ3v) is 9.96. The van der Waals surface area contributed by atoms with E-state index in [-0.39, 0.29) is 11.8 Å². The predicted molar refractivity (Wildman–Crippen MR) is 202 cm³/mol. The Morgan fingerprint density at radius 3 is 1.38 bits per heavy atom. The molecule has 12 heteroatoms. The molecule has 2 aliphatic rings. The van der Waals surface area contributed by atoms with Gasteiger partial charge in [-0.05, 0) is 123 Å². The van der Waals surface area contributed by atoms with E-state index in [4.69, 9.17) is 0 Å². The molecule has 2 amide bonds. The highest BCUT2D eigenvalue weighted by Crippen LogP contribution is 2.28. The monoisotopic (exact) mass is 694 g/mol. The van der Waals surface area contributed by atoms with Gasteiger partial charge in [-0.2, -0.15) is 0 Å². The van der Waals surface area contributed by atoms with Crippen LogP contribution in [0.4, 0.5) is 11.4 Å². The van der Waals surface area contributed by atoms with E-state index in [0.29, 0.717) is 12.8 Å².